The minimum absolute atomic E-state index is 0.0497. The van der Waals surface area contributed by atoms with Gasteiger partial charge in [0, 0.05) is 25.7 Å². The number of halogens is 1. The number of ether oxygens (including phenoxy) is 2. The van der Waals surface area contributed by atoms with Crippen LogP contribution in [0.1, 0.15) is 16.8 Å². The summed E-state index contributed by atoms with van der Waals surface area (Å²) in [4.78, 5) is 29.3. The second-order valence-electron chi connectivity index (χ2n) is 5.19. The van der Waals surface area contributed by atoms with Crippen molar-refractivity contribution in [1.29, 1.82) is 0 Å². The molecule has 7 nitrogen and oxygen atoms in total. The van der Waals surface area contributed by atoms with Gasteiger partial charge in [0.1, 0.15) is 11.1 Å². The second-order valence-corrected chi connectivity index (χ2v) is 5.60. The summed E-state index contributed by atoms with van der Waals surface area (Å²) in [5.41, 5.74) is 0.342. The molecule has 0 bridgehead atoms. The van der Waals surface area contributed by atoms with Gasteiger partial charge in [-0.15, -0.1) is 0 Å². The van der Waals surface area contributed by atoms with E-state index in [-0.39, 0.29) is 29.5 Å². The molecule has 1 atom stereocenters. The molecule has 0 spiro atoms. The fourth-order valence-electron chi connectivity index (χ4n) is 2.39. The minimum Gasteiger partial charge on any atom is -0.471 e. The number of hydrogen-bond donors (Lipinski definition) is 1. The first-order valence-corrected chi connectivity index (χ1v) is 7.47. The number of carbonyl (C=O) groups excluding carboxylic acids is 2. The maximum absolute atomic E-state index is 12.3. The largest absolute Gasteiger partial charge is 0.471 e. The molecule has 2 saturated heterocycles. The van der Waals surface area contributed by atoms with Crippen LogP contribution in [0.4, 0.5) is 0 Å². The standard InChI is InChI=1S/C14H16ClN3O4/c15-11-5-9(14(20)18-3-2-16-12(19)7-18)6-17-13(11)22-10-1-4-21-8-10/h5-6,10H,1-4,7-8H2,(H,16,19). The Hall–Kier alpha value is -1.86. The first kappa shape index (κ1) is 15.1. The van der Waals surface area contributed by atoms with Crippen molar-refractivity contribution in [2.24, 2.45) is 0 Å². The number of rotatable bonds is 3. The molecule has 22 heavy (non-hydrogen) atoms. The van der Waals surface area contributed by atoms with Crippen molar-refractivity contribution in [3.63, 3.8) is 0 Å². The number of nitrogens with one attached hydrogen (secondary N) is 1. The third-order valence-corrected chi connectivity index (χ3v) is 3.82. The lowest BCUT2D eigenvalue weighted by atomic mass is 10.2. The van der Waals surface area contributed by atoms with Crippen molar-refractivity contribution in [1.82, 2.24) is 15.2 Å². The number of piperazine rings is 1. The van der Waals surface area contributed by atoms with Gasteiger partial charge in [-0.3, -0.25) is 9.59 Å². The highest BCUT2D eigenvalue weighted by atomic mass is 35.5. The Labute approximate surface area is 132 Å². The van der Waals surface area contributed by atoms with Crippen molar-refractivity contribution in [3.8, 4) is 5.88 Å². The second kappa shape index (κ2) is 6.50. The summed E-state index contributed by atoms with van der Waals surface area (Å²) in [5, 5.41) is 2.95. The molecule has 0 saturated carbocycles. The van der Waals surface area contributed by atoms with Gasteiger partial charge in [-0.25, -0.2) is 4.98 Å². The van der Waals surface area contributed by atoms with Crippen LogP contribution in [0.5, 0.6) is 5.88 Å². The van der Waals surface area contributed by atoms with Crippen LogP contribution in [0.2, 0.25) is 5.02 Å². The lowest BCUT2D eigenvalue weighted by Crippen LogP contribution is -2.50. The molecular formula is C14H16ClN3O4. The molecule has 8 heteroatoms. The Morgan fingerprint density at radius 2 is 2.41 bits per heavy atom. The molecule has 118 valence electrons. The highest BCUT2D eigenvalue weighted by Crippen LogP contribution is 2.25. The fourth-order valence-corrected chi connectivity index (χ4v) is 2.60. The van der Waals surface area contributed by atoms with E-state index in [2.05, 4.69) is 10.3 Å². The molecular weight excluding hydrogens is 310 g/mol. The van der Waals surface area contributed by atoms with Gasteiger partial charge in [-0.1, -0.05) is 11.6 Å². The van der Waals surface area contributed by atoms with E-state index in [1.165, 1.54) is 17.2 Å². The van der Waals surface area contributed by atoms with Crippen LogP contribution in [0.25, 0.3) is 0 Å². The van der Waals surface area contributed by atoms with Crippen LogP contribution in [0.15, 0.2) is 12.3 Å². The molecule has 1 N–H and O–H groups in total. The third kappa shape index (κ3) is 3.31. The normalized spacial score (nSPS) is 21.6. The molecule has 2 amide bonds. The third-order valence-electron chi connectivity index (χ3n) is 3.55. The van der Waals surface area contributed by atoms with E-state index < -0.39 is 0 Å². The summed E-state index contributed by atoms with van der Waals surface area (Å²) in [6.45, 7) is 2.15. The van der Waals surface area contributed by atoms with Crippen molar-refractivity contribution in [2.75, 3.05) is 32.8 Å². The number of carbonyl (C=O) groups is 2. The lowest BCUT2D eigenvalue weighted by Gasteiger charge is -2.26. The molecule has 3 heterocycles. The van der Waals surface area contributed by atoms with Gasteiger partial charge in [-0.05, 0) is 6.07 Å². The summed E-state index contributed by atoms with van der Waals surface area (Å²) in [5.74, 6) is -0.134. The van der Waals surface area contributed by atoms with Crippen molar-refractivity contribution < 1.29 is 19.1 Å². The van der Waals surface area contributed by atoms with E-state index in [0.717, 1.165) is 6.42 Å². The summed E-state index contributed by atoms with van der Waals surface area (Å²) >= 11 is 6.14. The smallest absolute Gasteiger partial charge is 0.256 e. The van der Waals surface area contributed by atoms with Crippen LogP contribution in [0.3, 0.4) is 0 Å². The van der Waals surface area contributed by atoms with E-state index >= 15 is 0 Å². The average molecular weight is 326 g/mol. The number of pyridine rings is 1. The molecule has 2 aliphatic rings. The summed E-state index contributed by atoms with van der Waals surface area (Å²) < 4.78 is 10.9. The highest BCUT2D eigenvalue weighted by molar-refractivity contribution is 6.32. The maximum atomic E-state index is 12.3. The van der Waals surface area contributed by atoms with E-state index in [4.69, 9.17) is 21.1 Å². The zero-order valence-electron chi connectivity index (χ0n) is 11.9. The predicted octanol–water partition coefficient (Wildman–Crippen LogP) is 0.475. The average Bonchev–Trinajstić information content (AvgIpc) is 3.01. The van der Waals surface area contributed by atoms with Gasteiger partial charge >= 0.3 is 0 Å². The van der Waals surface area contributed by atoms with Gasteiger partial charge in [-0.2, -0.15) is 0 Å². The van der Waals surface area contributed by atoms with E-state index in [1.807, 2.05) is 0 Å². The monoisotopic (exact) mass is 325 g/mol. The SMILES string of the molecule is O=C1CN(C(=O)c2cnc(OC3CCOC3)c(Cl)c2)CCN1. The van der Waals surface area contributed by atoms with E-state index in [1.54, 1.807) is 0 Å². The summed E-state index contributed by atoms with van der Waals surface area (Å²) in [6.07, 6.45) is 2.16. The number of hydrogen-bond acceptors (Lipinski definition) is 5. The van der Waals surface area contributed by atoms with Crippen LogP contribution < -0.4 is 10.1 Å². The van der Waals surface area contributed by atoms with E-state index in [0.29, 0.717) is 37.7 Å². The number of aromatic nitrogens is 1. The highest BCUT2D eigenvalue weighted by Gasteiger charge is 2.24. The summed E-state index contributed by atoms with van der Waals surface area (Å²) in [6, 6.07) is 1.52. The lowest BCUT2D eigenvalue weighted by molar-refractivity contribution is -0.123. The quantitative estimate of drug-likeness (QED) is 0.874. The van der Waals surface area contributed by atoms with Crippen LogP contribution in [0, 0.1) is 0 Å². The molecule has 3 rings (SSSR count). The topological polar surface area (TPSA) is 80.8 Å². The molecule has 2 aliphatic heterocycles. The fraction of sp³-hybridized carbons (Fsp3) is 0.500. The zero-order chi connectivity index (χ0) is 15.5. The van der Waals surface area contributed by atoms with Crippen molar-refractivity contribution in [3.05, 3.63) is 22.8 Å². The first-order chi connectivity index (χ1) is 10.6. The molecule has 2 fully saturated rings. The van der Waals surface area contributed by atoms with E-state index in [9.17, 15) is 9.59 Å². The van der Waals surface area contributed by atoms with Crippen LogP contribution in [-0.4, -0.2) is 60.7 Å². The maximum Gasteiger partial charge on any atom is 0.256 e. The number of amides is 2. The van der Waals surface area contributed by atoms with Gasteiger partial charge < -0.3 is 19.7 Å². The van der Waals surface area contributed by atoms with Gasteiger partial charge in [0.05, 0.1) is 25.3 Å². The zero-order valence-corrected chi connectivity index (χ0v) is 12.6. The van der Waals surface area contributed by atoms with Crippen molar-refractivity contribution >= 4 is 23.4 Å². The minimum atomic E-state index is -0.264. The Morgan fingerprint density at radius 1 is 1.55 bits per heavy atom. The Bertz CT molecular complexity index is 589. The molecule has 0 aliphatic carbocycles. The molecule has 1 aromatic heterocycles. The van der Waals surface area contributed by atoms with Gasteiger partial charge in [0.15, 0.2) is 0 Å². The van der Waals surface area contributed by atoms with Crippen molar-refractivity contribution in [2.45, 2.75) is 12.5 Å². The van der Waals surface area contributed by atoms with Crippen LogP contribution >= 0.6 is 11.6 Å². The molecule has 0 radical (unpaired) electrons. The predicted molar refractivity (Wildman–Crippen MR) is 78.0 cm³/mol. The number of nitrogens with zero attached hydrogens (tertiary/aromatic N) is 2. The Morgan fingerprint density at radius 3 is 3.09 bits per heavy atom. The Kier molecular flexibility index (Phi) is 4.44. The first-order valence-electron chi connectivity index (χ1n) is 7.09. The van der Waals surface area contributed by atoms with Crippen LogP contribution in [-0.2, 0) is 9.53 Å². The van der Waals surface area contributed by atoms with Gasteiger partial charge in [0.25, 0.3) is 5.91 Å². The molecule has 0 aromatic carbocycles. The Balaban J connectivity index is 1.70. The molecule has 1 unspecified atom stereocenters. The summed E-state index contributed by atoms with van der Waals surface area (Å²) in [7, 11) is 0. The molecule has 1 aromatic rings. The van der Waals surface area contributed by atoms with Gasteiger partial charge in [0.2, 0.25) is 11.8 Å².